The molecule has 236 valence electrons. The summed E-state index contributed by atoms with van der Waals surface area (Å²) in [6.45, 7) is 1.88. The van der Waals surface area contributed by atoms with Gasteiger partial charge in [0.15, 0.2) is 0 Å². The zero-order chi connectivity index (χ0) is 32.4. The number of carboxylic acids is 1. The average Bonchev–Trinajstić information content (AvgIpc) is 3.34. The first-order valence-corrected chi connectivity index (χ1v) is 15.7. The number of aromatic hydroxyl groups is 1. The normalized spacial score (nSPS) is 29.1. The van der Waals surface area contributed by atoms with Crippen LogP contribution in [-0.4, -0.2) is 51.3 Å². The van der Waals surface area contributed by atoms with Gasteiger partial charge in [-0.05, 0) is 74.4 Å². The zero-order valence-corrected chi connectivity index (χ0v) is 25.9. The van der Waals surface area contributed by atoms with E-state index in [1.807, 2.05) is 6.08 Å². The van der Waals surface area contributed by atoms with Gasteiger partial charge >= 0.3 is 5.97 Å². The van der Waals surface area contributed by atoms with E-state index >= 15 is 0 Å². The molecule has 0 aromatic heterocycles. The maximum atomic E-state index is 14.4. The third-order valence-corrected chi connectivity index (χ3v) is 10.7. The van der Waals surface area contributed by atoms with Gasteiger partial charge in [0, 0.05) is 23.9 Å². The van der Waals surface area contributed by atoms with Gasteiger partial charge in [0.25, 0.3) is 0 Å². The van der Waals surface area contributed by atoms with Crippen LogP contribution in [0, 0.1) is 34.9 Å². The Morgan fingerprint density at radius 1 is 0.978 bits per heavy atom. The van der Waals surface area contributed by atoms with Crippen LogP contribution in [0.2, 0.25) is 10.0 Å². The number of unbranched alkanes of at least 4 members (excludes halogenated alkanes) is 2. The Kier molecular flexibility index (Phi) is 8.02. The largest absolute Gasteiger partial charge is 0.508 e. The first kappa shape index (κ1) is 31.2. The predicted molar refractivity (Wildman–Crippen MR) is 162 cm³/mol. The van der Waals surface area contributed by atoms with Crippen molar-refractivity contribution in [2.24, 2.45) is 29.1 Å². The number of phenolic OH excluding ortho intramolecular Hbond substituents is 1. The topological polar surface area (TPSA) is 132 Å². The van der Waals surface area contributed by atoms with E-state index in [4.69, 9.17) is 28.3 Å². The Morgan fingerprint density at radius 2 is 1.73 bits per heavy atom. The van der Waals surface area contributed by atoms with Crippen molar-refractivity contribution in [3.8, 4) is 5.75 Å². The van der Waals surface area contributed by atoms with Crippen LogP contribution in [-0.2, 0) is 24.0 Å². The number of allylic oxidation sites excluding steroid dienone is 2. The van der Waals surface area contributed by atoms with Gasteiger partial charge in [-0.1, -0.05) is 47.3 Å². The number of carbonyl (C=O) groups is 5. The highest BCUT2D eigenvalue weighted by Gasteiger charge is 2.67. The average molecular weight is 658 g/mol. The molecule has 6 rings (SSSR count). The third kappa shape index (κ3) is 4.93. The van der Waals surface area contributed by atoms with Gasteiger partial charge in [-0.15, -0.1) is 0 Å². The molecule has 0 spiro atoms. The maximum absolute atomic E-state index is 14.4. The minimum absolute atomic E-state index is 0.0117. The van der Waals surface area contributed by atoms with Crippen molar-refractivity contribution in [2.45, 2.75) is 51.4 Å². The van der Waals surface area contributed by atoms with Crippen LogP contribution in [0.25, 0.3) is 0 Å². The Bertz CT molecular complexity index is 1680. The number of fused-ring (bicyclic) bond motifs is 4. The molecule has 2 aliphatic heterocycles. The van der Waals surface area contributed by atoms with E-state index in [0.717, 1.165) is 16.5 Å². The molecule has 2 saturated heterocycles. The first-order chi connectivity index (χ1) is 21.4. The fourth-order valence-electron chi connectivity index (χ4n) is 7.99. The molecule has 4 amide bonds. The van der Waals surface area contributed by atoms with Crippen molar-refractivity contribution in [3.05, 3.63) is 69.5 Å². The number of imide groups is 2. The van der Waals surface area contributed by atoms with E-state index in [1.165, 1.54) is 29.2 Å². The van der Waals surface area contributed by atoms with Crippen molar-refractivity contribution in [3.63, 3.8) is 0 Å². The second-order valence-electron chi connectivity index (χ2n) is 12.5. The second-order valence-corrected chi connectivity index (χ2v) is 13.3. The Morgan fingerprint density at radius 3 is 2.42 bits per heavy atom. The molecule has 1 saturated carbocycles. The van der Waals surface area contributed by atoms with E-state index in [-0.39, 0.29) is 59.1 Å². The van der Waals surface area contributed by atoms with Gasteiger partial charge in [-0.25, -0.2) is 9.29 Å². The zero-order valence-electron chi connectivity index (χ0n) is 24.3. The van der Waals surface area contributed by atoms with Gasteiger partial charge in [-0.2, -0.15) is 0 Å². The number of carbonyl (C=O) groups excluding carboxylic acids is 4. The summed E-state index contributed by atoms with van der Waals surface area (Å²) in [4.78, 5) is 69.1. The highest BCUT2D eigenvalue weighted by Crippen LogP contribution is 2.64. The van der Waals surface area contributed by atoms with Crippen molar-refractivity contribution in [1.29, 1.82) is 0 Å². The maximum Gasteiger partial charge on any atom is 0.303 e. The quantitative estimate of drug-likeness (QED) is 0.211. The summed E-state index contributed by atoms with van der Waals surface area (Å²) in [6.07, 6.45) is 3.78. The van der Waals surface area contributed by atoms with Crippen LogP contribution in [0.4, 0.5) is 10.1 Å². The SMILES string of the molecule is C[C@@]12C(=O)N(c3ccc(F)c(Cl)c3)C(=O)[C@@H]1C[C@@H]1C(=CC[C@@H]3C(=O)N(CCCCCC(=O)O)C(=O)[C@@H]31)[C@@H]2c1ccc(O)cc1Cl. The van der Waals surface area contributed by atoms with Gasteiger partial charge in [0.1, 0.15) is 11.6 Å². The minimum atomic E-state index is -1.36. The number of nitrogens with zero attached hydrogens (tertiary/aromatic N) is 2. The number of phenols is 1. The summed E-state index contributed by atoms with van der Waals surface area (Å²) in [6, 6.07) is 8.05. The number of halogens is 3. The lowest BCUT2D eigenvalue weighted by atomic mass is 9.51. The fourth-order valence-corrected chi connectivity index (χ4v) is 8.45. The van der Waals surface area contributed by atoms with Gasteiger partial charge in [0.05, 0.1) is 33.9 Å². The molecular formula is C33H31Cl2FN2O7. The number of carboxylic acid groups (broad SMARTS) is 1. The lowest BCUT2D eigenvalue weighted by Crippen LogP contribution is -2.49. The van der Waals surface area contributed by atoms with Crippen LogP contribution in [0.3, 0.4) is 0 Å². The van der Waals surface area contributed by atoms with E-state index in [0.29, 0.717) is 24.8 Å². The van der Waals surface area contributed by atoms with Crippen molar-refractivity contribution >= 4 is 58.5 Å². The molecule has 2 aromatic rings. The Hall–Kier alpha value is -3.76. The number of amides is 4. The van der Waals surface area contributed by atoms with Gasteiger partial charge in [0.2, 0.25) is 23.6 Å². The van der Waals surface area contributed by atoms with E-state index in [9.17, 15) is 33.5 Å². The molecule has 45 heavy (non-hydrogen) atoms. The van der Waals surface area contributed by atoms with Crippen LogP contribution in [0.5, 0.6) is 5.75 Å². The monoisotopic (exact) mass is 656 g/mol. The number of hydrogen-bond donors (Lipinski definition) is 2. The van der Waals surface area contributed by atoms with E-state index in [2.05, 4.69) is 0 Å². The lowest BCUT2D eigenvalue weighted by molar-refractivity contribution is -0.141. The molecule has 2 N–H and O–H groups in total. The lowest BCUT2D eigenvalue weighted by Gasteiger charge is -2.49. The number of aliphatic carboxylic acids is 1. The molecule has 2 aliphatic carbocycles. The molecule has 6 atom stereocenters. The standard InChI is InChI=1S/C33H31Cl2FN2O7/c1-33-22(30(43)38(32(33)45)16-6-11-25(36)24(35)13-16)15-21-18(28(33)19-8-7-17(39)14-23(19)34)9-10-20-27(21)31(44)37(29(20)42)12-4-2-3-5-26(40)41/h6-9,11,13-14,20-22,27-28,39H,2-5,10,12,15H2,1H3,(H,40,41)/t20-,21+,22-,27-,28+,33+/m0/s1. The molecule has 2 aromatic carbocycles. The molecule has 9 nitrogen and oxygen atoms in total. The van der Waals surface area contributed by atoms with Crippen LogP contribution >= 0.6 is 23.2 Å². The number of anilines is 1. The van der Waals surface area contributed by atoms with Crippen molar-refractivity contribution in [2.75, 3.05) is 11.4 Å². The molecule has 12 heteroatoms. The van der Waals surface area contributed by atoms with Crippen LogP contribution < -0.4 is 4.90 Å². The van der Waals surface area contributed by atoms with E-state index in [1.54, 1.807) is 13.0 Å². The van der Waals surface area contributed by atoms with Gasteiger partial charge in [-0.3, -0.25) is 28.9 Å². The number of rotatable bonds is 8. The Labute approximate surface area is 268 Å². The van der Waals surface area contributed by atoms with Crippen LogP contribution in [0.15, 0.2) is 48.0 Å². The summed E-state index contributed by atoms with van der Waals surface area (Å²) in [5, 5.41) is 19.0. The smallest absolute Gasteiger partial charge is 0.303 e. The second kappa shape index (κ2) is 11.6. The van der Waals surface area contributed by atoms with Crippen molar-refractivity contribution < 1.29 is 38.6 Å². The summed E-state index contributed by atoms with van der Waals surface area (Å²) in [5.41, 5.74) is 0.0118. The molecule has 0 bridgehead atoms. The highest BCUT2D eigenvalue weighted by molar-refractivity contribution is 6.32. The van der Waals surface area contributed by atoms with Crippen molar-refractivity contribution in [1.82, 2.24) is 4.90 Å². The van der Waals surface area contributed by atoms with E-state index < -0.39 is 58.6 Å². The first-order valence-electron chi connectivity index (χ1n) is 14.9. The summed E-state index contributed by atoms with van der Waals surface area (Å²) >= 11 is 12.7. The number of hydrogen-bond acceptors (Lipinski definition) is 6. The van der Waals surface area contributed by atoms with Gasteiger partial charge < -0.3 is 10.2 Å². The predicted octanol–water partition coefficient (Wildman–Crippen LogP) is 5.71. The Balaban J connectivity index is 1.40. The number of benzene rings is 2. The molecule has 2 heterocycles. The summed E-state index contributed by atoms with van der Waals surface area (Å²) < 4.78 is 14.0. The minimum Gasteiger partial charge on any atom is -0.508 e. The number of likely N-dealkylation sites (tertiary alicyclic amines) is 1. The molecular weight excluding hydrogens is 626 g/mol. The summed E-state index contributed by atoms with van der Waals surface area (Å²) in [5.74, 6) is -6.91. The molecule has 0 radical (unpaired) electrons. The fraction of sp³-hybridized carbons (Fsp3) is 0.424. The molecule has 3 fully saturated rings. The third-order valence-electron chi connectivity index (χ3n) is 10.1. The molecule has 0 unspecified atom stereocenters. The summed E-state index contributed by atoms with van der Waals surface area (Å²) in [7, 11) is 0. The molecule has 4 aliphatic rings. The highest BCUT2D eigenvalue weighted by atomic mass is 35.5. The van der Waals surface area contributed by atoms with Crippen LogP contribution in [0.1, 0.15) is 56.9 Å².